The van der Waals surface area contributed by atoms with Gasteiger partial charge in [-0.05, 0) is 31.2 Å². The first kappa shape index (κ1) is 19.5. The molecule has 0 aromatic heterocycles. The van der Waals surface area contributed by atoms with E-state index in [0.29, 0.717) is 6.54 Å². The van der Waals surface area contributed by atoms with Crippen molar-refractivity contribution in [3.05, 3.63) is 64.7 Å². The summed E-state index contributed by atoms with van der Waals surface area (Å²) in [7, 11) is -3.84. The Balaban J connectivity index is 1.97. The maximum atomic E-state index is 12.3. The molecule has 0 heterocycles. The molecule has 2 rings (SSSR count). The van der Waals surface area contributed by atoms with Gasteiger partial charge in [0, 0.05) is 37.3 Å². The number of para-hydroxylation sites is 1. The third kappa shape index (κ3) is 4.87. The zero-order valence-electron chi connectivity index (χ0n) is 14.2. The van der Waals surface area contributed by atoms with Gasteiger partial charge < -0.3 is 4.90 Å². The summed E-state index contributed by atoms with van der Waals surface area (Å²) in [5, 5.41) is 10.6. The Labute approximate surface area is 151 Å². The first-order chi connectivity index (χ1) is 12.3. The molecule has 0 unspecified atom stereocenters. The normalized spacial score (nSPS) is 11.1. The summed E-state index contributed by atoms with van der Waals surface area (Å²) in [6, 6.07) is 13.7. The zero-order chi connectivity index (χ0) is 19.2. The Morgan fingerprint density at radius 2 is 1.73 bits per heavy atom. The van der Waals surface area contributed by atoms with Crippen molar-refractivity contribution in [3.63, 3.8) is 0 Å². The summed E-state index contributed by atoms with van der Waals surface area (Å²) in [6.45, 7) is 2.24. The largest absolute Gasteiger partial charge is 0.313 e. The van der Waals surface area contributed by atoms with E-state index in [2.05, 4.69) is 4.72 Å². The molecule has 0 radical (unpaired) electrons. The highest BCUT2D eigenvalue weighted by Gasteiger charge is 2.18. The van der Waals surface area contributed by atoms with Crippen molar-refractivity contribution in [2.45, 2.75) is 18.2 Å². The summed E-state index contributed by atoms with van der Waals surface area (Å²) in [5.41, 5.74) is 0.554. The molecule has 26 heavy (non-hydrogen) atoms. The molecule has 1 N–H and O–H groups in total. The Hall–Kier alpha value is -2.78. The lowest BCUT2D eigenvalue weighted by Gasteiger charge is -2.21. The molecule has 0 saturated heterocycles. The number of sulfonamides is 1. The van der Waals surface area contributed by atoms with Crippen LogP contribution in [0, 0.1) is 10.1 Å². The van der Waals surface area contributed by atoms with Crippen LogP contribution >= 0.6 is 0 Å². The number of hydrogen-bond acceptors (Lipinski definition) is 5. The minimum atomic E-state index is -3.84. The van der Waals surface area contributed by atoms with Crippen molar-refractivity contribution >= 4 is 27.3 Å². The number of nitrogens with one attached hydrogen (secondary N) is 1. The molecule has 8 nitrogen and oxygen atoms in total. The molecule has 0 aliphatic carbocycles. The molecule has 2 aromatic rings. The summed E-state index contributed by atoms with van der Waals surface area (Å²) in [6.07, 6.45) is -0.00501. The number of nitro benzene ring substituents is 1. The van der Waals surface area contributed by atoms with E-state index in [0.717, 1.165) is 30.0 Å². The topological polar surface area (TPSA) is 110 Å². The van der Waals surface area contributed by atoms with Gasteiger partial charge in [-0.25, -0.2) is 13.1 Å². The van der Waals surface area contributed by atoms with Crippen molar-refractivity contribution in [1.82, 2.24) is 4.72 Å². The van der Waals surface area contributed by atoms with E-state index in [9.17, 15) is 23.3 Å². The third-order valence-electron chi connectivity index (χ3n) is 3.67. The Morgan fingerprint density at radius 3 is 2.27 bits per heavy atom. The van der Waals surface area contributed by atoms with Gasteiger partial charge >= 0.3 is 0 Å². The van der Waals surface area contributed by atoms with Gasteiger partial charge in [0.25, 0.3) is 5.69 Å². The van der Waals surface area contributed by atoms with Crippen LogP contribution in [0.5, 0.6) is 0 Å². The maximum Gasteiger partial charge on any atom is 0.269 e. The van der Waals surface area contributed by atoms with E-state index in [4.69, 9.17) is 0 Å². The molecular formula is C17H19N3O5S. The summed E-state index contributed by atoms with van der Waals surface area (Å²) < 4.78 is 26.7. The molecule has 0 atom stereocenters. The Kier molecular flexibility index (Phi) is 6.42. The lowest BCUT2D eigenvalue weighted by atomic mass is 10.2. The number of benzene rings is 2. The van der Waals surface area contributed by atoms with Crippen LogP contribution in [0.4, 0.5) is 11.4 Å². The number of carbonyl (C=O) groups excluding carboxylic acids is 1. The van der Waals surface area contributed by atoms with Crippen LogP contribution in [0.25, 0.3) is 0 Å². The number of amides is 1. The van der Waals surface area contributed by atoms with E-state index in [1.54, 1.807) is 4.90 Å². The number of anilines is 1. The molecule has 0 fully saturated rings. The van der Waals surface area contributed by atoms with E-state index in [-0.39, 0.29) is 29.5 Å². The zero-order valence-corrected chi connectivity index (χ0v) is 15.0. The SMILES string of the molecule is CCN(C(=O)CCNS(=O)(=O)c1ccc([N+](=O)[O-])cc1)c1ccccc1. The van der Waals surface area contributed by atoms with E-state index < -0.39 is 14.9 Å². The van der Waals surface area contributed by atoms with Gasteiger partial charge in [-0.15, -0.1) is 0 Å². The average Bonchev–Trinajstić information content (AvgIpc) is 2.63. The van der Waals surface area contributed by atoms with Crippen LogP contribution in [0.15, 0.2) is 59.5 Å². The molecule has 9 heteroatoms. The Morgan fingerprint density at radius 1 is 1.12 bits per heavy atom. The van der Waals surface area contributed by atoms with E-state index >= 15 is 0 Å². The first-order valence-electron chi connectivity index (χ1n) is 7.94. The second-order valence-corrected chi connectivity index (χ2v) is 7.14. The van der Waals surface area contributed by atoms with Gasteiger partial charge in [0.15, 0.2) is 0 Å². The lowest BCUT2D eigenvalue weighted by Crippen LogP contribution is -2.34. The molecular weight excluding hydrogens is 358 g/mol. The summed E-state index contributed by atoms with van der Waals surface area (Å²) in [5.74, 6) is -0.204. The first-order valence-corrected chi connectivity index (χ1v) is 9.43. The fourth-order valence-corrected chi connectivity index (χ4v) is 3.40. The van der Waals surface area contributed by atoms with Crippen LogP contribution in [0.2, 0.25) is 0 Å². The van der Waals surface area contributed by atoms with Crippen molar-refractivity contribution in [2.24, 2.45) is 0 Å². The van der Waals surface area contributed by atoms with Crippen molar-refractivity contribution in [2.75, 3.05) is 18.0 Å². The maximum absolute atomic E-state index is 12.3. The number of carbonyl (C=O) groups is 1. The van der Waals surface area contributed by atoms with Crippen LogP contribution < -0.4 is 9.62 Å². The van der Waals surface area contributed by atoms with Crippen molar-refractivity contribution < 1.29 is 18.1 Å². The molecule has 0 saturated carbocycles. The molecule has 1 amide bonds. The monoisotopic (exact) mass is 377 g/mol. The molecule has 0 bridgehead atoms. The van der Waals surface area contributed by atoms with Crippen molar-refractivity contribution in [1.29, 1.82) is 0 Å². The standard InChI is InChI=1S/C17H19N3O5S/c1-2-19(14-6-4-3-5-7-14)17(21)12-13-18-26(24,25)16-10-8-15(9-11-16)20(22)23/h3-11,18H,2,12-13H2,1H3. The lowest BCUT2D eigenvalue weighted by molar-refractivity contribution is -0.384. The molecule has 2 aromatic carbocycles. The van der Waals surface area contributed by atoms with Gasteiger partial charge in [-0.1, -0.05) is 18.2 Å². The fraction of sp³-hybridized carbons (Fsp3) is 0.235. The third-order valence-corrected chi connectivity index (χ3v) is 5.15. The highest BCUT2D eigenvalue weighted by molar-refractivity contribution is 7.89. The number of rotatable bonds is 8. The minimum Gasteiger partial charge on any atom is -0.313 e. The second-order valence-electron chi connectivity index (χ2n) is 5.37. The molecule has 138 valence electrons. The quantitative estimate of drug-likeness (QED) is 0.561. The van der Waals surface area contributed by atoms with Crippen LogP contribution in [-0.4, -0.2) is 32.3 Å². The van der Waals surface area contributed by atoms with E-state index in [1.807, 2.05) is 37.3 Å². The average molecular weight is 377 g/mol. The van der Waals surface area contributed by atoms with Crippen LogP contribution in [0.3, 0.4) is 0 Å². The summed E-state index contributed by atoms with van der Waals surface area (Å²) in [4.78, 5) is 23.8. The van der Waals surface area contributed by atoms with Crippen molar-refractivity contribution in [3.8, 4) is 0 Å². The number of nitrogens with zero attached hydrogens (tertiary/aromatic N) is 2. The van der Waals surface area contributed by atoms with Gasteiger partial charge in [-0.2, -0.15) is 0 Å². The summed E-state index contributed by atoms with van der Waals surface area (Å²) >= 11 is 0. The van der Waals surface area contributed by atoms with Gasteiger partial charge in [0.1, 0.15) is 0 Å². The molecule has 0 spiro atoms. The van der Waals surface area contributed by atoms with Gasteiger partial charge in [0.2, 0.25) is 15.9 Å². The van der Waals surface area contributed by atoms with Gasteiger partial charge in [-0.3, -0.25) is 14.9 Å². The highest BCUT2D eigenvalue weighted by atomic mass is 32.2. The predicted molar refractivity (Wildman–Crippen MR) is 97.4 cm³/mol. The van der Waals surface area contributed by atoms with Crippen LogP contribution in [-0.2, 0) is 14.8 Å². The van der Waals surface area contributed by atoms with E-state index in [1.165, 1.54) is 0 Å². The molecule has 0 aliphatic rings. The second kappa shape index (κ2) is 8.54. The molecule has 0 aliphatic heterocycles. The fourth-order valence-electron chi connectivity index (χ4n) is 2.37. The number of nitro groups is 1. The van der Waals surface area contributed by atoms with Gasteiger partial charge in [0.05, 0.1) is 9.82 Å². The highest BCUT2D eigenvalue weighted by Crippen LogP contribution is 2.16. The van der Waals surface area contributed by atoms with Crippen LogP contribution in [0.1, 0.15) is 13.3 Å². The predicted octanol–water partition coefficient (Wildman–Crippen LogP) is 2.32. The number of hydrogen-bond donors (Lipinski definition) is 1. The smallest absolute Gasteiger partial charge is 0.269 e. The Bertz CT molecular complexity index is 867. The number of non-ortho nitro benzene ring substituents is 1. The minimum absolute atomic E-state index is 0.00501.